The molecule has 0 radical (unpaired) electrons. The molecule has 0 heterocycles. The zero-order valence-corrected chi connectivity index (χ0v) is 7.07. The van der Waals surface area contributed by atoms with Crippen molar-refractivity contribution < 1.29 is 12.3 Å². The predicted octanol–water partition coefficient (Wildman–Crippen LogP) is 0.364. The van der Waals surface area contributed by atoms with E-state index in [1.807, 2.05) is 19.6 Å². The highest BCUT2D eigenvalue weighted by atomic mass is 32.2. The third kappa shape index (κ3) is 6.13. The average molecular weight is 154 g/mol. The summed E-state index contributed by atoms with van der Waals surface area (Å²) in [7, 11) is -4.44. The third-order valence-corrected chi connectivity index (χ3v) is 3.14. The van der Waals surface area contributed by atoms with Crippen LogP contribution in [0.15, 0.2) is 0 Å². The smallest absolute Gasteiger partial charge is 0.247 e. The number of hydrogen-bond donors (Lipinski definition) is 1. The zero-order chi connectivity index (χ0) is 6.78. The fourth-order valence-electron chi connectivity index (χ4n) is 0.224. The molecule has 50 valence electrons. The SMILES string of the molecule is C[Si](C)(C)O[SH](=O)=O. The Balaban J connectivity index is 3.73. The highest BCUT2D eigenvalue weighted by Gasteiger charge is 2.14. The maximum absolute atomic E-state index is 9.86. The molecule has 0 aliphatic carbocycles. The molecule has 5 heteroatoms. The third-order valence-electron chi connectivity index (χ3n) is 0.348. The summed E-state index contributed by atoms with van der Waals surface area (Å²) in [6.07, 6.45) is 0. The average Bonchev–Trinajstić information content (AvgIpc) is 1.21. The fourth-order valence-corrected chi connectivity index (χ4v) is 2.01. The van der Waals surface area contributed by atoms with Gasteiger partial charge in [-0.3, -0.25) is 0 Å². The van der Waals surface area contributed by atoms with E-state index < -0.39 is 19.3 Å². The molecular formula is C3H10O3SSi. The first-order valence-electron chi connectivity index (χ1n) is 2.25. The minimum atomic E-state index is -2.63. The highest BCUT2D eigenvalue weighted by molar-refractivity contribution is 7.68. The van der Waals surface area contributed by atoms with E-state index in [2.05, 4.69) is 3.87 Å². The van der Waals surface area contributed by atoms with Gasteiger partial charge in [0.1, 0.15) is 0 Å². The van der Waals surface area contributed by atoms with Crippen molar-refractivity contribution in [3.8, 4) is 0 Å². The summed E-state index contributed by atoms with van der Waals surface area (Å²) in [6, 6.07) is 0. The number of hydrogen-bond acceptors (Lipinski definition) is 3. The minimum Gasteiger partial charge on any atom is -0.318 e. The lowest BCUT2D eigenvalue weighted by molar-refractivity contribution is 0.511. The van der Waals surface area contributed by atoms with Crippen LogP contribution in [0.1, 0.15) is 0 Å². The van der Waals surface area contributed by atoms with Crippen LogP contribution >= 0.6 is 0 Å². The molecular weight excluding hydrogens is 144 g/mol. The van der Waals surface area contributed by atoms with Crippen molar-refractivity contribution >= 4 is 19.3 Å². The van der Waals surface area contributed by atoms with Crippen LogP contribution in [0.4, 0.5) is 0 Å². The Morgan fingerprint density at radius 3 is 1.62 bits per heavy atom. The summed E-state index contributed by atoms with van der Waals surface area (Å²) >= 11 is 0. The van der Waals surface area contributed by atoms with Gasteiger partial charge in [0.05, 0.1) is 0 Å². The van der Waals surface area contributed by atoms with E-state index >= 15 is 0 Å². The van der Waals surface area contributed by atoms with Gasteiger partial charge in [0.25, 0.3) is 0 Å². The van der Waals surface area contributed by atoms with E-state index in [-0.39, 0.29) is 0 Å². The Labute approximate surface area is 52.0 Å². The number of rotatable bonds is 2. The van der Waals surface area contributed by atoms with Crippen LogP contribution in [0.3, 0.4) is 0 Å². The standard InChI is InChI=1S/C3H10O3SSi/c1-8(2,3)6-7(4)5/h7H,1-3H3. The Morgan fingerprint density at radius 2 is 1.62 bits per heavy atom. The molecule has 0 aliphatic rings. The van der Waals surface area contributed by atoms with Crippen LogP contribution in [0.2, 0.25) is 19.6 Å². The van der Waals surface area contributed by atoms with Gasteiger partial charge in [-0.1, -0.05) is 0 Å². The summed E-state index contributed by atoms with van der Waals surface area (Å²) in [5, 5.41) is 0. The summed E-state index contributed by atoms with van der Waals surface area (Å²) in [5.41, 5.74) is 0. The molecule has 0 bridgehead atoms. The first-order valence-corrected chi connectivity index (χ1v) is 6.76. The maximum Gasteiger partial charge on any atom is 0.247 e. The molecule has 0 spiro atoms. The van der Waals surface area contributed by atoms with Gasteiger partial charge in [0, 0.05) is 0 Å². The quantitative estimate of drug-likeness (QED) is 0.461. The summed E-state index contributed by atoms with van der Waals surface area (Å²) in [4.78, 5) is 0. The van der Waals surface area contributed by atoms with Gasteiger partial charge in [-0.15, -0.1) is 0 Å². The van der Waals surface area contributed by atoms with E-state index in [9.17, 15) is 8.42 Å². The normalized spacial score (nSPS) is 12.5. The van der Waals surface area contributed by atoms with E-state index in [1.165, 1.54) is 0 Å². The van der Waals surface area contributed by atoms with Gasteiger partial charge in [0.15, 0.2) is 0 Å². The molecule has 0 rings (SSSR count). The molecule has 0 atom stereocenters. The van der Waals surface area contributed by atoms with Crippen molar-refractivity contribution in [3.05, 3.63) is 0 Å². The molecule has 0 saturated carbocycles. The first-order chi connectivity index (χ1) is 3.42. The Hall–Kier alpha value is 0.127. The first kappa shape index (κ1) is 8.13. The van der Waals surface area contributed by atoms with Crippen LogP contribution in [0.25, 0.3) is 0 Å². The van der Waals surface area contributed by atoms with Crippen LogP contribution < -0.4 is 0 Å². The Bertz CT molecular complexity index is 126. The van der Waals surface area contributed by atoms with Crippen LogP contribution in [0.5, 0.6) is 0 Å². The van der Waals surface area contributed by atoms with Gasteiger partial charge < -0.3 is 3.87 Å². The van der Waals surface area contributed by atoms with E-state index in [0.717, 1.165) is 0 Å². The summed E-state index contributed by atoms with van der Waals surface area (Å²) in [5.74, 6) is 0. The van der Waals surface area contributed by atoms with Gasteiger partial charge in [-0.2, -0.15) is 0 Å². The van der Waals surface area contributed by atoms with Crippen LogP contribution in [0, 0.1) is 0 Å². The molecule has 0 amide bonds. The van der Waals surface area contributed by atoms with Gasteiger partial charge >= 0.3 is 0 Å². The molecule has 0 aromatic carbocycles. The maximum atomic E-state index is 9.86. The Kier molecular flexibility index (Phi) is 2.65. The fraction of sp³-hybridized carbons (Fsp3) is 1.00. The largest absolute Gasteiger partial charge is 0.318 e. The van der Waals surface area contributed by atoms with Gasteiger partial charge in [-0.05, 0) is 19.6 Å². The lowest BCUT2D eigenvalue weighted by Gasteiger charge is -2.08. The van der Waals surface area contributed by atoms with Gasteiger partial charge in [-0.25, -0.2) is 8.42 Å². The predicted molar refractivity (Wildman–Crippen MR) is 34.7 cm³/mol. The van der Waals surface area contributed by atoms with Crippen molar-refractivity contribution in [2.24, 2.45) is 0 Å². The molecule has 0 aromatic heterocycles. The van der Waals surface area contributed by atoms with E-state index in [1.54, 1.807) is 0 Å². The van der Waals surface area contributed by atoms with Crippen molar-refractivity contribution in [2.45, 2.75) is 19.6 Å². The zero-order valence-electron chi connectivity index (χ0n) is 5.17. The molecule has 0 aromatic rings. The highest BCUT2D eigenvalue weighted by Crippen LogP contribution is 2.00. The van der Waals surface area contributed by atoms with Crippen molar-refractivity contribution in [3.63, 3.8) is 0 Å². The minimum absolute atomic E-state index is 1.82. The Morgan fingerprint density at radius 1 is 1.25 bits per heavy atom. The summed E-state index contributed by atoms with van der Waals surface area (Å²) in [6.45, 7) is 5.45. The van der Waals surface area contributed by atoms with Crippen LogP contribution in [-0.4, -0.2) is 16.7 Å². The van der Waals surface area contributed by atoms with Crippen molar-refractivity contribution in [1.29, 1.82) is 0 Å². The molecule has 0 saturated heterocycles. The monoisotopic (exact) mass is 154 g/mol. The van der Waals surface area contributed by atoms with Crippen molar-refractivity contribution in [1.82, 2.24) is 0 Å². The lowest BCUT2D eigenvalue weighted by Crippen LogP contribution is -2.24. The second-order valence-electron chi connectivity index (χ2n) is 2.43. The molecule has 0 N–H and O–H groups in total. The molecule has 0 fully saturated rings. The molecule has 8 heavy (non-hydrogen) atoms. The van der Waals surface area contributed by atoms with E-state index in [0.29, 0.717) is 0 Å². The lowest BCUT2D eigenvalue weighted by atomic mass is 11.8. The van der Waals surface area contributed by atoms with Crippen LogP contribution in [-0.2, 0) is 14.9 Å². The summed E-state index contributed by atoms with van der Waals surface area (Å²) < 4.78 is 24.3. The second-order valence-corrected chi connectivity index (χ2v) is 7.83. The second kappa shape index (κ2) is 2.61. The van der Waals surface area contributed by atoms with Crippen molar-refractivity contribution in [2.75, 3.05) is 0 Å². The molecule has 0 aliphatic heterocycles. The molecule has 3 nitrogen and oxygen atoms in total. The number of thiol groups is 1. The van der Waals surface area contributed by atoms with Gasteiger partial charge in [0.2, 0.25) is 19.3 Å². The topological polar surface area (TPSA) is 43.4 Å². The molecule has 0 unspecified atom stereocenters. The van der Waals surface area contributed by atoms with E-state index in [4.69, 9.17) is 0 Å².